The second-order valence-electron chi connectivity index (χ2n) is 9.90. The minimum atomic E-state index is -3.81. The van der Waals surface area contributed by atoms with Crippen LogP contribution in [0.25, 0.3) is 10.8 Å². The van der Waals surface area contributed by atoms with Crippen LogP contribution in [0.15, 0.2) is 59.5 Å². The van der Waals surface area contributed by atoms with E-state index in [4.69, 9.17) is 0 Å². The molecule has 0 amide bonds. The van der Waals surface area contributed by atoms with Gasteiger partial charge in [-0.2, -0.15) is 0 Å². The fourth-order valence-electron chi connectivity index (χ4n) is 5.42. The van der Waals surface area contributed by atoms with E-state index in [1.165, 1.54) is 12.8 Å². The number of phenolic OH excluding ortho intramolecular Hbond substituents is 1. The third-order valence-corrected chi connectivity index (χ3v) is 8.68. The molecule has 0 saturated carbocycles. The number of aromatic hydroxyl groups is 1. The van der Waals surface area contributed by atoms with Gasteiger partial charge in [-0.3, -0.25) is 14.5 Å². The number of hydrogen-bond acceptors (Lipinski definition) is 5. The highest BCUT2D eigenvalue weighted by atomic mass is 32.2. The quantitative estimate of drug-likeness (QED) is 0.436. The molecule has 0 bridgehead atoms. The average molecular weight is 494 g/mol. The minimum absolute atomic E-state index is 0.263. The summed E-state index contributed by atoms with van der Waals surface area (Å²) in [6, 6.07) is 16.5. The van der Waals surface area contributed by atoms with Gasteiger partial charge in [-0.25, -0.2) is 8.42 Å². The molecule has 0 unspecified atom stereocenters. The van der Waals surface area contributed by atoms with E-state index in [-0.39, 0.29) is 4.90 Å². The number of benzene rings is 3. The molecule has 2 N–H and O–H groups in total. The molecule has 3 aromatic rings. The standard InChI is InChI=1S/C28H35N3O3S/c32-28-23(20-30-14-5-1-6-15-30)18-25(19-24(28)21-31-16-7-2-8-17-31)29-35(33,34)27-13-9-11-22-10-3-4-12-26(22)27/h3-4,9-13,18-19,29,32H,1-2,5-8,14-17,20-21H2. The van der Waals surface area contributed by atoms with E-state index in [1.807, 2.05) is 42.5 Å². The Labute approximate surface area is 208 Å². The summed E-state index contributed by atoms with van der Waals surface area (Å²) in [7, 11) is -3.81. The van der Waals surface area contributed by atoms with Crippen LogP contribution in [0.5, 0.6) is 5.75 Å². The maximum Gasteiger partial charge on any atom is 0.262 e. The molecule has 0 spiro atoms. The summed E-state index contributed by atoms with van der Waals surface area (Å²) in [6.45, 7) is 5.28. The predicted molar refractivity (Wildman–Crippen MR) is 141 cm³/mol. The molecule has 6 nitrogen and oxygen atoms in total. The molecule has 2 fully saturated rings. The van der Waals surface area contributed by atoms with Crippen LogP contribution in [0.2, 0.25) is 0 Å². The molecule has 35 heavy (non-hydrogen) atoms. The fraction of sp³-hybridized carbons (Fsp3) is 0.429. The molecular formula is C28H35N3O3S. The number of fused-ring (bicyclic) bond motifs is 1. The Bertz CT molecular complexity index is 1230. The Morgan fingerprint density at radius 2 is 1.29 bits per heavy atom. The maximum atomic E-state index is 13.5. The Hall–Kier alpha value is -2.61. The number of sulfonamides is 1. The van der Waals surface area contributed by atoms with Gasteiger partial charge in [0.15, 0.2) is 0 Å². The number of phenols is 1. The van der Waals surface area contributed by atoms with E-state index in [0.29, 0.717) is 29.9 Å². The third-order valence-electron chi connectivity index (χ3n) is 7.24. The van der Waals surface area contributed by atoms with Gasteiger partial charge in [0.05, 0.1) is 4.90 Å². The Morgan fingerprint density at radius 1 is 0.743 bits per heavy atom. The molecule has 2 aliphatic rings. The molecule has 5 rings (SSSR count). The van der Waals surface area contributed by atoms with Gasteiger partial charge < -0.3 is 5.11 Å². The summed E-state index contributed by atoms with van der Waals surface area (Å²) in [5, 5.41) is 12.8. The lowest BCUT2D eigenvalue weighted by Crippen LogP contribution is -2.30. The van der Waals surface area contributed by atoms with Gasteiger partial charge in [0.1, 0.15) is 5.75 Å². The lowest BCUT2D eigenvalue weighted by Gasteiger charge is -2.29. The zero-order chi connectivity index (χ0) is 24.3. The molecule has 0 atom stereocenters. The number of nitrogens with zero attached hydrogens (tertiary/aromatic N) is 2. The van der Waals surface area contributed by atoms with Crippen molar-refractivity contribution in [3.8, 4) is 5.75 Å². The van der Waals surface area contributed by atoms with Crippen LogP contribution in [0.1, 0.15) is 49.7 Å². The first-order valence-electron chi connectivity index (χ1n) is 12.8. The second-order valence-corrected chi connectivity index (χ2v) is 11.6. The lowest BCUT2D eigenvalue weighted by atomic mass is 10.0. The van der Waals surface area contributed by atoms with E-state index in [2.05, 4.69) is 14.5 Å². The highest BCUT2D eigenvalue weighted by Gasteiger charge is 2.22. The first-order chi connectivity index (χ1) is 17.0. The van der Waals surface area contributed by atoms with Gasteiger partial charge in [-0.15, -0.1) is 0 Å². The second kappa shape index (κ2) is 10.6. The summed E-state index contributed by atoms with van der Waals surface area (Å²) in [5.74, 6) is 0.300. The summed E-state index contributed by atoms with van der Waals surface area (Å²) in [4.78, 5) is 4.97. The van der Waals surface area contributed by atoms with Crippen LogP contribution in [0.4, 0.5) is 5.69 Å². The Balaban J connectivity index is 1.48. The number of piperidine rings is 2. The van der Waals surface area contributed by atoms with Crippen LogP contribution < -0.4 is 4.72 Å². The predicted octanol–water partition coefficient (Wildman–Crippen LogP) is 5.32. The van der Waals surface area contributed by atoms with Crippen molar-refractivity contribution in [2.45, 2.75) is 56.5 Å². The molecule has 0 aromatic heterocycles. The van der Waals surface area contributed by atoms with Crippen molar-refractivity contribution in [1.82, 2.24) is 9.80 Å². The number of hydrogen-bond donors (Lipinski definition) is 2. The van der Waals surface area contributed by atoms with Crippen molar-refractivity contribution < 1.29 is 13.5 Å². The molecule has 0 radical (unpaired) electrons. The monoisotopic (exact) mass is 493 g/mol. The van der Waals surface area contributed by atoms with Crippen molar-refractivity contribution in [3.63, 3.8) is 0 Å². The first-order valence-corrected chi connectivity index (χ1v) is 14.3. The van der Waals surface area contributed by atoms with Crippen LogP contribution in [-0.2, 0) is 23.1 Å². The normalized spacial score (nSPS) is 18.1. The number of likely N-dealkylation sites (tertiary alicyclic amines) is 2. The van der Waals surface area contributed by atoms with Gasteiger partial charge in [-0.05, 0) is 75.4 Å². The van der Waals surface area contributed by atoms with Crippen molar-refractivity contribution in [2.24, 2.45) is 0 Å². The number of anilines is 1. The lowest BCUT2D eigenvalue weighted by molar-refractivity contribution is 0.213. The summed E-state index contributed by atoms with van der Waals surface area (Å²) < 4.78 is 29.9. The van der Waals surface area contributed by atoms with Gasteiger partial charge in [0.2, 0.25) is 0 Å². The highest BCUT2D eigenvalue weighted by Crippen LogP contribution is 2.33. The van der Waals surface area contributed by atoms with E-state index in [1.54, 1.807) is 12.1 Å². The Morgan fingerprint density at radius 3 is 1.89 bits per heavy atom. The van der Waals surface area contributed by atoms with Gasteiger partial charge in [0, 0.05) is 35.3 Å². The SMILES string of the molecule is O=S(=O)(Nc1cc(CN2CCCCC2)c(O)c(CN2CCCCC2)c1)c1cccc2ccccc12. The molecule has 186 valence electrons. The molecular weight excluding hydrogens is 458 g/mol. The van der Waals surface area contributed by atoms with Crippen molar-refractivity contribution in [2.75, 3.05) is 30.9 Å². The zero-order valence-corrected chi connectivity index (χ0v) is 21.1. The maximum absolute atomic E-state index is 13.5. The van der Waals surface area contributed by atoms with Crippen molar-refractivity contribution in [3.05, 3.63) is 65.7 Å². The first kappa shape index (κ1) is 24.1. The van der Waals surface area contributed by atoms with Gasteiger partial charge in [0.25, 0.3) is 10.0 Å². The van der Waals surface area contributed by atoms with Crippen LogP contribution in [0.3, 0.4) is 0 Å². The van der Waals surface area contributed by atoms with E-state index >= 15 is 0 Å². The van der Waals surface area contributed by atoms with Crippen LogP contribution in [0, 0.1) is 0 Å². The summed E-state index contributed by atoms with van der Waals surface area (Å²) in [5.41, 5.74) is 2.09. The molecule has 7 heteroatoms. The molecule has 2 aliphatic heterocycles. The minimum Gasteiger partial charge on any atom is -0.507 e. The average Bonchev–Trinajstić information content (AvgIpc) is 2.87. The topological polar surface area (TPSA) is 72.9 Å². The van der Waals surface area contributed by atoms with E-state index < -0.39 is 10.0 Å². The third kappa shape index (κ3) is 5.63. The molecule has 0 aliphatic carbocycles. The van der Waals surface area contributed by atoms with Crippen molar-refractivity contribution >= 4 is 26.5 Å². The molecule has 3 aromatic carbocycles. The zero-order valence-electron chi connectivity index (χ0n) is 20.2. The number of nitrogens with one attached hydrogen (secondary N) is 1. The van der Waals surface area contributed by atoms with Gasteiger partial charge in [-0.1, -0.05) is 49.2 Å². The Kier molecular flexibility index (Phi) is 7.27. The van der Waals surface area contributed by atoms with Crippen molar-refractivity contribution in [1.29, 1.82) is 0 Å². The summed E-state index contributed by atoms with van der Waals surface area (Å²) in [6.07, 6.45) is 7.13. The smallest absolute Gasteiger partial charge is 0.262 e. The van der Waals surface area contributed by atoms with E-state index in [0.717, 1.165) is 68.4 Å². The fourth-order valence-corrected chi connectivity index (χ4v) is 6.69. The van der Waals surface area contributed by atoms with Crippen LogP contribution >= 0.6 is 0 Å². The van der Waals surface area contributed by atoms with E-state index in [9.17, 15) is 13.5 Å². The number of rotatable bonds is 7. The van der Waals surface area contributed by atoms with Crippen LogP contribution in [-0.4, -0.2) is 49.5 Å². The highest BCUT2D eigenvalue weighted by molar-refractivity contribution is 7.93. The molecule has 2 heterocycles. The molecule has 2 saturated heterocycles. The largest absolute Gasteiger partial charge is 0.507 e. The van der Waals surface area contributed by atoms with Gasteiger partial charge >= 0.3 is 0 Å². The summed E-state index contributed by atoms with van der Waals surface area (Å²) >= 11 is 0.